The first-order valence-corrected chi connectivity index (χ1v) is 7.13. The van der Waals surface area contributed by atoms with E-state index in [1.807, 2.05) is 6.07 Å². The molecule has 23 heavy (non-hydrogen) atoms. The molecule has 0 spiro atoms. The van der Waals surface area contributed by atoms with Crippen LogP contribution in [0.15, 0.2) is 36.7 Å². The Morgan fingerprint density at radius 1 is 1.09 bits per heavy atom. The van der Waals surface area contributed by atoms with Gasteiger partial charge in [0.05, 0.1) is 19.9 Å². The first kappa shape index (κ1) is 15.2. The number of phenols is 1. The summed E-state index contributed by atoms with van der Waals surface area (Å²) < 4.78 is 10.7. The van der Waals surface area contributed by atoms with Crippen LogP contribution in [0, 0.1) is 0 Å². The highest BCUT2D eigenvalue weighted by molar-refractivity contribution is 6.31. The molecule has 0 aliphatic rings. The van der Waals surface area contributed by atoms with Crippen molar-refractivity contribution < 1.29 is 14.6 Å². The van der Waals surface area contributed by atoms with Crippen LogP contribution >= 0.6 is 11.6 Å². The molecule has 1 aromatic heterocycles. The van der Waals surface area contributed by atoms with Crippen LogP contribution in [-0.2, 0) is 0 Å². The topological polar surface area (TPSA) is 76.5 Å². The second-order valence-corrected chi connectivity index (χ2v) is 5.14. The standard InChI is InChI=1S/C16H14ClN3O3/c1-22-13-6-4-10-14(15(13)23-2)18-8-19-16(10)20-11-7-9(17)3-5-12(11)21/h3-8,21H,1-2H3,(H,18,19,20). The fourth-order valence-electron chi connectivity index (χ4n) is 2.28. The third kappa shape index (κ3) is 2.80. The van der Waals surface area contributed by atoms with Crippen molar-refractivity contribution in [2.24, 2.45) is 0 Å². The molecule has 0 saturated carbocycles. The number of hydrogen-bond acceptors (Lipinski definition) is 6. The summed E-state index contributed by atoms with van der Waals surface area (Å²) in [4.78, 5) is 8.49. The van der Waals surface area contributed by atoms with Gasteiger partial charge in [0.1, 0.15) is 23.4 Å². The zero-order valence-electron chi connectivity index (χ0n) is 12.5. The monoisotopic (exact) mass is 331 g/mol. The summed E-state index contributed by atoms with van der Waals surface area (Å²) in [6, 6.07) is 8.32. The number of nitrogens with zero attached hydrogens (tertiary/aromatic N) is 2. The van der Waals surface area contributed by atoms with Gasteiger partial charge in [-0.1, -0.05) is 11.6 Å². The molecule has 2 aromatic carbocycles. The lowest BCUT2D eigenvalue weighted by atomic mass is 10.2. The number of fused-ring (bicyclic) bond motifs is 1. The summed E-state index contributed by atoms with van der Waals surface area (Å²) in [5.74, 6) is 1.69. The minimum atomic E-state index is 0.0710. The number of rotatable bonds is 4. The normalized spacial score (nSPS) is 10.6. The zero-order valence-corrected chi connectivity index (χ0v) is 13.3. The number of nitrogens with one attached hydrogen (secondary N) is 1. The highest BCUT2D eigenvalue weighted by atomic mass is 35.5. The molecule has 0 amide bonds. The zero-order chi connectivity index (χ0) is 16.4. The van der Waals surface area contributed by atoms with Gasteiger partial charge in [0.15, 0.2) is 11.5 Å². The maximum Gasteiger partial charge on any atom is 0.187 e. The molecule has 2 N–H and O–H groups in total. The Balaban J connectivity index is 2.13. The Labute approximate surface area is 137 Å². The van der Waals surface area contributed by atoms with E-state index in [1.54, 1.807) is 32.4 Å². The van der Waals surface area contributed by atoms with Gasteiger partial charge in [-0.25, -0.2) is 9.97 Å². The molecule has 0 bridgehead atoms. The maximum absolute atomic E-state index is 9.94. The molecule has 0 aliphatic heterocycles. The Hall–Kier alpha value is -2.73. The third-order valence-corrected chi connectivity index (χ3v) is 3.59. The number of halogens is 1. The van der Waals surface area contributed by atoms with E-state index in [4.69, 9.17) is 21.1 Å². The van der Waals surface area contributed by atoms with Gasteiger partial charge in [-0.05, 0) is 30.3 Å². The highest BCUT2D eigenvalue weighted by Crippen LogP contribution is 2.37. The van der Waals surface area contributed by atoms with E-state index in [1.165, 1.54) is 12.4 Å². The molecule has 0 radical (unpaired) electrons. The molecule has 0 atom stereocenters. The quantitative estimate of drug-likeness (QED) is 0.709. The molecular weight excluding hydrogens is 318 g/mol. The fraction of sp³-hybridized carbons (Fsp3) is 0.125. The summed E-state index contributed by atoms with van der Waals surface area (Å²) in [7, 11) is 3.11. The molecule has 0 saturated heterocycles. The minimum Gasteiger partial charge on any atom is -0.506 e. The van der Waals surface area contributed by atoms with E-state index < -0.39 is 0 Å². The summed E-state index contributed by atoms with van der Waals surface area (Å²) in [5, 5.41) is 14.2. The summed E-state index contributed by atoms with van der Waals surface area (Å²) in [6.07, 6.45) is 1.41. The largest absolute Gasteiger partial charge is 0.506 e. The van der Waals surface area contributed by atoms with Crippen LogP contribution in [0.1, 0.15) is 0 Å². The first-order chi connectivity index (χ1) is 11.1. The van der Waals surface area contributed by atoms with Gasteiger partial charge in [-0.3, -0.25) is 0 Å². The number of aromatic nitrogens is 2. The molecule has 7 heteroatoms. The van der Waals surface area contributed by atoms with Crippen molar-refractivity contribution in [2.75, 3.05) is 19.5 Å². The average Bonchev–Trinajstić information content (AvgIpc) is 2.57. The second kappa shape index (κ2) is 6.18. The van der Waals surface area contributed by atoms with Gasteiger partial charge in [0, 0.05) is 10.4 Å². The van der Waals surface area contributed by atoms with Crippen molar-refractivity contribution in [2.45, 2.75) is 0 Å². The highest BCUT2D eigenvalue weighted by Gasteiger charge is 2.14. The first-order valence-electron chi connectivity index (χ1n) is 6.75. The van der Waals surface area contributed by atoms with E-state index in [0.29, 0.717) is 33.5 Å². The van der Waals surface area contributed by atoms with Crippen molar-refractivity contribution in [1.29, 1.82) is 0 Å². The average molecular weight is 332 g/mol. The van der Waals surface area contributed by atoms with Crippen molar-refractivity contribution >= 4 is 34.0 Å². The molecule has 0 fully saturated rings. The second-order valence-electron chi connectivity index (χ2n) is 4.71. The van der Waals surface area contributed by atoms with E-state index in [9.17, 15) is 5.11 Å². The molecule has 0 aliphatic carbocycles. The van der Waals surface area contributed by atoms with Gasteiger partial charge < -0.3 is 19.9 Å². The number of ether oxygens (including phenoxy) is 2. The van der Waals surface area contributed by atoms with Gasteiger partial charge in [-0.2, -0.15) is 0 Å². The lowest BCUT2D eigenvalue weighted by Crippen LogP contribution is -1.99. The Morgan fingerprint density at radius 3 is 2.65 bits per heavy atom. The van der Waals surface area contributed by atoms with E-state index in [-0.39, 0.29) is 5.75 Å². The molecule has 3 aromatic rings. The van der Waals surface area contributed by atoms with Crippen LogP contribution in [0.25, 0.3) is 10.9 Å². The van der Waals surface area contributed by atoms with E-state index in [0.717, 1.165) is 5.39 Å². The molecule has 6 nitrogen and oxygen atoms in total. The third-order valence-electron chi connectivity index (χ3n) is 3.36. The van der Waals surface area contributed by atoms with Crippen molar-refractivity contribution in [3.63, 3.8) is 0 Å². The van der Waals surface area contributed by atoms with Gasteiger partial charge in [0.25, 0.3) is 0 Å². The van der Waals surface area contributed by atoms with Crippen molar-refractivity contribution in [3.05, 3.63) is 41.7 Å². The van der Waals surface area contributed by atoms with Crippen molar-refractivity contribution in [3.8, 4) is 17.2 Å². The Kier molecular flexibility index (Phi) is 4.08. The minimum absolute atomic E-state index is 0.0710. The van der Waals surface area contributed by atoms with E-state index >= 15 is 0 Å². The molecule has 0 unspecified atom stereocenters. The van der Waals surface area contributed by atoms with Crippen LogP contribution in [0.5, 0.6) is 17.2 Å². The lowest BCUT2D eigenvalue weighted by molar-refractivity contribution is 0.358. The van der Waals surface area contributed by atoms with Crippen LogP contribution < -0.4 is 14.8 Å². The molecule has 3 rings (SSSR count). The van der Waals surface area contributed by atoms with Crippen molar-refractivity contribution in [1.82, 2.24) is 9.97 Å². The Bertz CT molecular complexity index is 871. The predicted molar refractivity (Wildman–Crippen MR) is 89.0 cm³/mol. The number of aromatic hydroxyl groups is 1. The van der Waals surface area contributed by atoms with Crippen LogP contribution in [0.3, 0.4) is 0 Å². The molecular formula is C16H14ClN3O3. The van der Waals surface area contributed by atoms with Gasteiger partial charge >= 0.3 is 0 Å². The summed E-state index contributed by atoms with van der Waals surface area (Å²) in [5.41, 5.74) is 1.05. The number of benzene rings is 2. The number of methoxy groups -OCH3 is 2. The molecule has 1 heterocycles. The fourth-order valence-corrected chi connectivity index (χ4v) is 2.45. The number of hydrogen-bond donors (Lipinski definition) is 2. The number of phenolic OH excluding ortho intramolecular Hbond substituents is 1. The molecule has 118 valence electrons. The smallest absolute Gasteiger partial charge is 0.187 e. The Morgan fingerprint density at radius 2 is 1.91 bits per heavy atom. The summed E-state index contributed by atoms with van der Waals surface area (Å²) in [6.45, 7) is 0. The van der Waals surface area contributed by atoms with Crippen LogP contribution in [-0.4, -0.2) is 29.3 Å². The lowest BCUT2D eigenvalue weighted by Gasteiger charge is -2.13. The van der Waals surface area contributed by atoms with Crippen LogP contribution in [0.2, 0.25) is 5.02 Å². The SMILES string of the molecule is COc1ccc2c(Nc3cc(Cl)ccc3O)ncnc2c1OC. The van der Waals surface area contributed by atoms with E-state index in [2.05, 4.69) is 15.3 Å². The number of anilines is 2. The van der Waals surface area contributed by atoms with Crippen LogP contribution in [0.4, 0.5) is 11.5 Å². The van der Waals surface area contributed by atoms with Gasteiger partial charge in [-0.15, -0.1) is 0 Å². The predicted octanol–water partition coefficient (Wildman–Crippen LogP) is 3.75. The summed E-state index contributed by atoms with van der Waals surface area (Å²) >= 11 is 5.97. The van der Waals surface area contributed by atoms with Gasteiger partial charge in [0.2, 0.25) is 0 Å². The maximum atomic E-state index is 9.94.